The third-order valence-corrected chi connectivity index (χ3v) is 3.86. The first kappa shape index (κ1) is 13.6. The summed E-state index contributed by atoms with van der Waals surface area (Å²) in [4.78, 5) is 15.1. The maximum Gasteiger partial charge on any atom is 0.336 e. The van der Waals surface area contributed by atoms with Crippen molar-refractivity contribution in [1.29, 1.82) is 0 Å². The van der Waals surface area contributed by atoms with Gasteiger partial charge in [-0.05, 0) is 19.9 Å². The van der Waals surface area contributed by atoms with Crippen LogP contribution in [0.15, 0.2) is 18.2 Å². The van der Waals surface area contributed by atoms with Gasteiger partial charge in [0.2, 0.25) is 0 Å². The van der Waals surface area contributed by atoms with Gasteiger partial charge in [-0.1, -0.05) is 17.7 Å². The number of aromatic nitrogens is 1. The SMILES string of the molecule is Cc1ccc(-c2nc(C)c(C(F)F)s2)c(C(=O)O)c1. The summed E-state index contributed by atoms with van der Waals surface area (Å²) < 4.78 is 25.5. The summed E-state index contributed by atoms with van der Waals surface area (Å²) >= 11 is 0.834. The minimum atomic E-state index is -2.59. The number of nitrogens with zero attached hydrogens (tertiary/aromatic N) is 1. The molecule has 100 valence electrons. The third-order valence-electron chi connectivity index (χ3n) is 2.67. The number of hydrogen-bond acceptors (Lipinski definition) is 3. The number of aryl methyl sites for hydroxylation is 2. The number of carboxylic acid groups (broad SMARTS) is 1. The zero-order valence-corrected chi connectivity index (χ0v) is 11.1. The van der Waals surface area contributed by atoms with Gasteiger partial charge in [-0.15, -0.1) is 11.3 Å². The quantitative estimate of drug-likeness (QED) is 0.924. The van der Waals surface area contributed by atoms with Gasteiger partial charge in [-0.25, -0.2) is 18.6 Å². The molecular formula is C13H11F2NO2S. The van der Waals surface area contributed by atoms with E-state index in [2.05, 4.69) is 4.98 Å². The molecule has 0 bridgehead atoms. The van der Waals surface area contributed by atoms with Crippen molar-refractivity contribution in [2.45, 2.75) is 20.3 Å². The van der Waals surface area contributed by atoms with E-state index >= 15 is 0 Å². The monoisotopic (exact) mass is 283 g/mol. The van der Waals surface area contributed by atoms with Crippen LogP contribution in [0.2, 0.25) is 0 Å². The number of aromatic carboxylic acids is 1. The molecule has 0 aliphatic carbocycles. The second-order valence-corrected chi connectivity index (χ2v) is 5.15. The first-order chi connectivity index (χ1) is 8.90. The fourth-order valence-corrected chi connectivity index (χ4v) is 2.71. The second kappa shape index (κ2) is 5.05. The standard InChI is InChI=1S/C13H11F2NO2S/c1-6-3-4-8(9(5-6)13(17)18)12-16-7(2)10(19-12)11(14)15/h3-5,11H,1-2H3,(H,17,18). The molecule has 1 aromatic carbocycles. The Kier molecular flexibility index (Phi) is 3.61. The number of halogens is 2. The van der Waals surface area contributed by atoms with E-state index in [1.54, 1.807) is 19.1 Å². The zero-order chi connectivity index (χ0) is 14.2. The lowest BCUT2D eigenvalue weighted by atomic mass is 10.1. The van der Waals surface area contributed by atoms with E-state index in [0.717, 1.165) is 16.9 Å². The van der Waals surface area contributed by atoms with Crippen molar-refractivity contribution in [1.82, 2.24) is 4.98 Å². The minimum Gasteiger partial charge on any atom is -0.478 e. The Labute approximate surface area is 112 Å². The number of alkyl halides is 2. The van der Waals surface area contributed by atoms with Gasteiger partial charge >= 0.3 is 5.97 Å². The zero-order valence-electron chi connectivity index (χ0n) is 10.3. The smallest absolute Gasteiger partial charge is 0.336 e. The molecule has 0 fully saturated rings. The van der Waals surface area contributed by atoms with Crippen LogP contribution in [0.3, 0.4) is 0 Å². The van der Waals surface area contributed by atoms with Crippen molar-refractivity contribution in [3.05, 3.63) is 39.9 Å². The summed E-state index contributed by atoms with van der Waals surface area (Å²) in [6.45, 7) is 3.27. The summed E-state index contributed by atoms with van der Waals surface area (Å²) in [5.41, 5.74) is 1.49. The Bertz CT molecular complexity index is 638. The molecule has 6 heteroatoms. The molecule has 2 aromatic rings. The second-order valence-electron chi connectivity index (χ2n) is 4.12. The van der Waals surface area contributed by atoms with Crippen LogP contribution in [0.25, 0.3) is 10.6 Å². The lowest BCUT2D eigenvalue weighted by molar-refractivity contribution is 0.0697. The van der Waals surface area contributed by atoms with E-state index in [1.807, 2.05) is 0 Å². The molecule has 1 N–H and O–H groups in total. The Morgan fingerprint density at radius 1 is 1.37 bits per heavy atom. The average molecular weight is 283 g/mol. The summed E-state index contributed by atoms with van der Waals surface area (Å²) in [7, 11) is 0. The predicted octanol–water partition coefficient (Wildman–Crippen LogP) is 4.06. The molecule has 0 atom stereocenters. The third kappa shape index (κ3) is 2.63. The number of benzene rings is 1. The number of carbonyl (C=O) groups is 1. The van der Waals surface area contributed by atoms with Crippen molar-refractivity contribution in [2.75, 3.05) is 0 Å². The van der Waals surface area contributed by atoms with Crippen molar-refractivity contribution in [2.24, 2.45) is 0 Å². The van der Waals surface area contributed by atoms with Crippen molar-refractivity contribution >= 4 is 17.3 Å². The van der Waals surface area contributed by atoms with Gasteiger partial charge < -0.3 is 5.11 Å². The maximum absolute atomic E-state index is 12.7. The van der Waals surface area contributed by atoms with E-state index in [1.165, 1.54) is 13.0 Å². The molecule has 0 aliphatic heterocycles. The molecule has 1 aromatic heterocycles. The molecule has 3 nitrogen and oxygen atoms in total. The highest BCUT2D eigenvalue weighted by molar-refractivity contribution is 7.15. The van der Waals surface area contributed by atoms with Gasteiger partial charge in [0.25, 0.3) is 6.43 Å². The predicted molar refractivity (Wildman–Crippen MR) is 68.9 cm³/mol. The fraction of sp³-hybridized carbons (Fsp3) is 0.231. The number of thiazole rings is 1. The van der Waals surface area contributed by atoms with Crippen molar-refractivity contribution < 1.29 is 18.7 Å². The number of carboxylic acids is 1. The lowest BCUT2D eigenvalue weighted by Gasteiger charge is -2.03. The lowest BCUT2D eigenvalue weighted by Crippen LogP contribution is -2.00. The van der Waals surface area contributed by atoms with E-state index < -0.39 is 12.4 Å². The summed E-state index contributed by atoms with van der Waals surface area (Å²) in [5, 5.41) is 9.48. The molecular weight excluding hydrogens is 272 g/mol. The topological polar surface area (TPSA) is 50.2 Å². The highest BCUT2D eigenvalue weighted by Crippen LogP contribution is 2.35. The van der Waals surface area contributed by atoms with Gasteiger partial charge in [-0.2, -0.15) is 0 Å². The van der Waals surface area contributed by atoms with E-state index in [0.29, 0.717) is 10.6 Å². The first-order valence-corrected chi connectivity index (χ1v) is 6.31. The van der Waals surface area contributed by atoms with Crippen LogP contribution in [-0.2, 0) is 0 Å². The van der Waals surface area contributed by atoms with Gasteiger partial charge in [0.1, 0.15) is 5.01 Å². The Morgan fingerprint density at radius 2 is 2.05 bits per heavy atom. The molecule has 0 saturated carbocycles. The number of rotatable bonds is 3. The van der Waals surface area contributed by atoms with E-state index in [-0.39, 0.29) is 16.1 Å². The fourth-order valence-electron chi connectivity index (χ4n) is 1.75. The van der Waals surface area contributed by atoms with Gasteiger partial charge in [0.15, 0.2) is 0 Å². The van der Waals surface area contributed by atoms with E-state index in [9.17, 15) is 13.6 Å². The highest BCUT2D eigenvalue weighted by Gasteiger charge is 2.20. The van der Waals surface area contributed by atoms with Crippen molar-refractivity contribution in [3.63, 3.8) is 0 Å². The number of hydrogen-bond donors (Lipinski definition) is 1. The van der Waals surface area contributed by atoms with Crippen LogP contribution in [-0.4, -0.2) is 16.1 Å². The van der Waals surface area contributed by atoms with Crippen LogP contribution in [0.4, 0.5) is 8.78 Å². The molecule has 0 saturated heterocycles. The van der Waals surface area contributed by atoms with Gasteiger partial charge in [0, 0.05) is 5.56 Å². The van der Waals surface area contributed by atoms with Crippen LogP contribution in [0.5, 0.6) is 0 Å². The van der Waals surface area contributed by atoms with Crippen LogP contribution >= 0.6 is 11.3 Å². The Balaban J connectivity index is 2.59. The largest absolute Gasteiger partial charge is 0.478 e. The van der Waals surface area contributed by atoms with Crippen molar-refractivity contribution in [3.8, 4) is 10.6 Å². The molecule has 0 amide bonds. The van der Waals surface area contributed by atoms with E-state index in [4.69, 9.17) is 5.11 Å². The molecule has 0 spiro atoms. The molecule has 0 radical (unpaired) electrons. The molecule has 0 aliphatic rings. The first-order valence-electron chi connectivity index (χ1n) is 5.50. The molecule has 0 unspecified atom stereocenters. The molecule has 19 heavy (non-hydrogen) atoms. The average Bonchev–Trinajstić information content (AvgIpc) is 2.71. The molecule has 2 rings (SSSR count). The maximum atomic E-state index is 12.7. The molecule has 1 heterocycles. The van der Waals surface area contributed by atoms with Gasteiger partial charge in [0.05, 0.1) is 16.1 Å². The Hall–Kier alpha value is -1.82. The summed E-state index contributed by atoms with van der Waals surface area (Å²) in [5.74, 6) is -1.09. The summed E-state index contributed by atoms with van der Waals surface area (Å²) in [6, 6.07) is 4.85. The normalized spacial score (nSPS) is 11.0. The minimum absolute atomic E-state index is 0.0783. The highest BCUT2D eigenvalue weighted by atomic mass is 32.1. The van der Waals surface area contributed by atoms with Gasteiger partial charge in [-0.3, -0.25) is 0 Å². The summed E-state index contributed by atoms with van der Waals surface area (Å²) in [6.07, 6.45) is -2.59. The van der Waals surface area contributed by atoms with Crippen LogP contribution in [0, 0.1) is 13.8 Å². The van der Waals surface area contributed by atoms with Crippen LogP contribution < -0.4 is 0 Å². The van der Waals surface area contributed by atoms with Crippen LogP contribution in [0.1, 0.15) is 32.9 Å². The Morgan fingerprint density at radius 3 is 2.58 bits per heavy atom.